The number of hydrogen-bond donors (Lipinski definition) is 2. The molecule has 0 unspecified atom stereocenters. The number of nitrogens with zero attached hydrogens (tertiary/aromatic N) is 4. The van der Waals surface area contributed by atoms with Crippen LogP contribution in [0.1, 0.15) is 18.2 Å². The molecule has 0 saturated heterocycles. The van der Waals surface area contributed by atoms with Crippen molar-refractivity contribution in [2.75, 3.05) is 5.75 Å². The van der Waals surface area contributed by atoms with E-state index in [1.165, 1.54) is 22.7 Å². The fourth-order valence-corrected chi connectivity index (χ4v) is 3.63. The predicted octanol–water partition coefficient (Wildman–Crippen LogP) is 3.48. The normalized spacial score (nSPS) is 11.3. The Morgan fingerprint density at radius 3 is 2.55 bits per heavy atom. The molecule has 2 N–H and O–H groups in total. The molecule has 0 bridgehead atoms. The van der Waals surface area contributed by atoms with E-state index in [9.17, 15) is 9.59 Å². The first-order valence-electron chi connectivity index (χ1n) is 9.68. The lowest BCUT2D eigenvalue weighted by Crippen LogP contribution is -2.17. The van der Waals surface area contributed by atoms with Crippen molar-refractivity contribution in [2.45, 2.75) is 19.0 Å². The highest BCUT2D eigenvalue weighted by Gasteiger charge is 2.13. The Hall–Kier alpha value is -3.72. The van der Waals surface area contributed by atoms with Crippen molar-refractivity contribution in [1.82, 2.24) is 25.0 Å². The van der Waals surface area contributed by atoms with Gasteiger partial charge in [-0.3, -0.25) is 24.7 Å². The Kier molecular flexibility index (Phi) is 5.94. The van der Waals surface area contributed by atoms with Crippen LogP contribution in [0.3, 0.4) is 0 Å². The molecule has 4 rings (SSSR count). The van der Waals surface area contributed by atoms with Gasteiger partial charge < -0.3 is 0 Å². The number of aromatic amines is 2. The lowest BCUT2D eigenvalue weighted by Gasteiger charge is -2.04. The van der Waals surface area contributed by atoms with Crippen LogP contribution in [0, 0.1) is 6.92 Å². The molecule has 0 fully saturated rings. The average molecular weight is 433 g/mol. The summed E-state index contributed by atoms with van der Waals surface area (Å²) in [6, 6.07) is 16.4. The molecule has 9 heteroatoms. The molecule has 31 heavy (non-hydrogen) atoms. The van der Waals surface area contributed by atoms with Crippen molar-refractivity contribution >= 4 is 23.7 Å². The first-order chi connectivity index (χ1) is 15.1. The summed E-state index contributed by atoms with van der Waals surface area (Å²) < 4.78 is 1.48. The Labute approximate surface area is 182 Å². The highest BCUT2D eigenvalue weighted by atomic mass is 32.2. The summed E-state index contributed by atoms with van der Waals surface area (Å²) in [7, 11) is 0. The summed E-state index contributed by atoms with van der Waals surface area (Å²) in [6.07, 6.45) is 1.51. The third kappa shape index (κ3) is 4.26. The van der Waals surface area contributed by atoms with Crippen molar-refractivity contribution in [3.8, 4) is 16.9 Å². The first kappa shape index (κ1) is 20.5. The Morgan fingerprint density at radius 1 is 1.06 bits per heavy atom. The number of thioether (sulfide) groups is 1. The molecule has 0 saturated carbocycles. The smallest absolute Gasteiger partial charge is 0.280 e. The molecule has 0 amide bonds. The standard InChI is InChI=1S/C22H20N6O2S/c1-3-31-22-24-20(29)19(25-26-22)16-11-7-8-12-18(16)23-13-17-14(2)27-28(21(17)30)15-9-5-4-6-10-15/h4-13,27H,3H2,1-2H3,(H,24,26,29). The van der Waals surface area contributed by atoms with E-state index in [0.717, 1.165) is 11.4 Å². The van der Waals surface area contributed by atoms with E-state index in [2.05, 4.69) is 25.3 Å². The van der Waals surface area contributed by atoms with Crippen molar-refractivity contribution < 1.29 is 0 Å². The fourth-order valence-electron chi connectivity index (χ4n) is 3.09. The van der Waals surface area contributed by atoms with Gasteiger partial charge in [0, 0.05) is 17.5 Å². The molecule has 0 aliphatic heterocycles. The summed E-state index contributed by atoms with van der Waals surface area (Å²) in [5.41, 5.74) is 2.56. The van der Waals surface area contributed by atoms with Crippen molar-refractivity contribution in [2.24, 2.45) is 4.99 Å². The van der Waals surface area contributed by atoms with E-state index in [-0.39, 0.29) is 16.8 Å². The maximum atomic E-state index is 12.9. The number of rotatable bonds is 6. The lowest BCUT2D eigenvalue weighted by atomic mass is 10.1. The van der Waals surface area contributed by atoms with Crippen LogP contribution < -0.4 is 11.1 Å². The van der Waals surface area contributed by atoms with Gasteiger partial charge in [-0.15, -0.1) is 10.2 Å². The molecule has 0 spiro atoms. The van der Waals surface area contributed by atoms with Crippen LogP contribution in [0.2, 0.25) is 0 Å². The van der Waals surface area contributed by atoms with Gasteiger partial charge in [0.05, 0.1) is 16.9 Å². The minimum atomic E-state index is -0.335. The first-order valence-corrected chi connectivity index (χ1v) is 10.7. The van der Waals surface area contributed by atoms with Crippen LogP contribution in [0.15, 0.2) is 74.3 Å². The molecular formula is C22H20N6O2S. The van der Waals surface area contributed by atoms with Gasteiger partial charge in [0.1, 0.15) is 0 Å². The topological polar surface area (TPSA) is 109 Å². The maximum absolute atomic E-state index is 12.9. The summed E-state index contributed by atoms with van der Waals surface area (Å²) >= 11 is 1.41. The van der Waals surface area contributed by atoms with Crippen LogP contribution >= 0.6 is 11.8 Å². The van der Waals surface area contributed by atoms with Crippen molar-refractivity contribution in [3.63, 3.8) is 0 Å². The summed E-state index contributed by atoms with van der Waals surface area (Å²) in [4.78, 5) is 32.6. The second-order valence-electron chi connectivity index (χ2n) is 6.64. The van der Waals surface area contributed by atoms with E-state index in [0.29, 0.717) is 27.7 Å². The molecule has 0 aliphatic carbocycles. The van der Waals surface area contributed by atoms with Crippen molar-refractivity contribution in [3.05, 3.63) is 86.6 Å². The number of benzene rings is 2. The number of H-pyrrole nitrogens is 2. The van der Waals surface area contributed by atoms with E-state index in [1.54, 1.807) is 18.2 Å². The zero-order chi connectivity index (χ0) is 21.8. The van der Waals surface area contributed by atoms with Gasteiger partial charge in [-0.2, -0.15) is 0 Å². The molecule has 156 valence electrons. The molecule has 2 heterocycles. The zero-order valence-electron chi connectivity index (χ0n) is 17.0. The largest absolute Gasteiger partial charge is 0.298 e. The van der Waals surface area contributed by atoms with Crippen LogP contribution in [0.5, 0.6) is 0 Å². The lowest BCUT2D eigenvalue weighted by molar-refractivity contribution is 0.824. The second-order valence-corrected chi connectivity index (χ2v) is 7.90. The fraction of sp³-hybridized carbons (Fsp3) is 0.136. The number of nitrogens with one attached hydrogen (secondary N) is 2. The van der Waals surface area contributed by atoms with E-state index in [4.69, 9.17) is 0 Å². The summed E-state index contributed by atoms with van der Waals surface area (Å²) in [5, 5.41) is 11.7. The van der Waals surface area contributed by atoms with Crippen LogP contribution in [0.25, 0.3) is 16.9 Å². The highest BCUT2D eigenvalue weighted by molar-refractivity contribution is 7.99. The molecular weight excluding hydrogens is 412 g/mol. The monoisotopic (exact) mass is 432 g/mol. The summed E-state index contributed by atoms with van der Waals surface area (Å²) in [6.45, 7) is 3.78. The number of aromatic nitrogens is 5. The van der Waals surface area contributed by atoms with Gasteiger partial charge in [0.25, 0.3) is 11.1 Å². The number of hydrogen-bond acceptors (Lipinski definition) is 6. The van der Waals surface area contributed by atoms with Crippen LogP contribution in [-0.2, 0) is 0 Å². The molecule has 2 aromatic carbocycles. The van der Waals surface area contributed by atoms with Gasteiger partial charge in [-0.05, 0) is 30.9 Å². The van der Waals surface area contributed by atoms with Gasteiger partial charge in [-0.1, -0.05) is 55.1 Å². The molecule has 4 aromatic rings. The predicted molar refractivity (Wildman–Crippen MR) is 123 cm³/mol. The van der Waals surface area contributed by atoms with E-state index < -0.39 is 0 Å². The number of para-hydroxylation sites is 2. The molecule has 0 atom stereocenters. The minimum absolute atomic E-state index is 0.181. The Balaban J connectivity index is 1.72. The third-order valence-corrected chi connectivity index (χ3v) is 5.33. The van der Waals surface area contributed by atoms with Crippen molar-refractivity contribution in [1.29, 1.82) is 0 Å². The highest BCUT2D eigenvalue weighted by Crippen LogP contribution is 2.26. The number of aryl methyl sites for hydroxylation is 1. The number of aliphatic imine (C=N–C) groups is 1. The zero-order valence-corrected chi connectivity index (χ0v) is 17.8. The second kappa shape index (κ2) is 8.97. The van der Waals surface area contributed by atoms with Crippen LogP contribution in [0.4, 0.5) is 5.69 Å². The summed E-state index contributed by atoms with van der Waals surface area (Å²) in [5.74, 6) is 0.779. The molecule has 2 aromatic heterocycles. The SMILES string of the molecule is CCSc1nnc(-c2ccccc2N=Cc2c(C)[nH]n(-c3ccccc3)c2=O)c(=O)[nH]1. The maximum Gasteiger partial charge on any atom is 0.280 e. The Bertz CT molecular complexity index is 1350. The van der Waals surface area contributed by atoms with Crippen LogP contribution in [-0.4, -0.2) is 36.9 Å². The van der Waals surface area contributed by atoms with Gasteiger partial charge in [0.2, 0.25) is 0 Å². The molecule has 0 radical (unpaired) electrons. The Morgan fingerprint density at radius 2 is 1.81 bits per heavy atom. The average Bonchev–Trinajstić information content (AvgIpc) is 3.07. The minimum Gasteiger partial charge on any atom is -0.298 e. The quantitative estimate of drug-likeness (QED) is 0.358. The van der Waals surface area contributed by atoms with Gasteiger partial charge >= 0.3 is 0 Å². The van der Waals surface area contributed by atoms with E-state index >= 15 is 0 Å². The van der Waals surface area contributed by atoms with E-state index in [1.807, 2.05) is 50.2 Å². The molecule has 0 aliphatic rings. The third-order valence-electron chi connectivity index (χ3n) is 4.58. The van der Waals surface area contributed by atoms with Gasteiger partial charge in [0.15, 0.2) is 10.9 Å². The molecule has 8 nitrogen and oxygen atoms in total. The van der Waals surface area contributed by atoms with Gasteiger partial charge in [-0.25, -0.2) is 4.68 Å².